The van der Waals surface area contributed by atoms with E-state index in [2.05, 4.69) is 53.0 Å². The Kier molecular flexibility index (Phi) is 2.91. The lowest BCUT2D eigenvalue weighted by Crippen LogP contribution is -1.94. The van der Waals surface area contributed by atoms with Gasteiger partial charge in [0.1, 0.15) is 0 Å². The third-order valence-corrected chi connectivity index (χ3v) is 3.10. The Hall–Kier alpha value is -1.09. The molecule has 0 saturated carbocycles. The van der Waals surface area contributed by atoms with Gasteiger partial charge in [-0.2, -0.15) is 0 Å². The molecule has 2 nitrogen and oxygen atoms in total. The van der Waals surface area contributed by atoms with Crippen LogP contribution in [-0.4, -0.2) is 9.55 Å². The fourth-order valence-corrected chi connectivity index (χ4v) is 2.38. The van der Waals surface area contributed by atoms with E-state index in [1.165, 1.54) is 5.56 Å². The number of halogens is 1. The van der Waals surface area contributed by atoms with Crippen LogP contribution >= 0.6 is 15.9 Å². The zero-order valence-corrected chi connectivity index (χ0v) is 10.4. The number of aromatic nitrogens is 2. The molecule has 0 spiro atoms. The van der Waals surface area contributed by atoms with Gasteiger partial charge < -0.3 is 4.57 Å². The molecule has 0 aliphatic carbocycles. The van der Waals surface area contributed by atoms with E-state index in [4.69, 9.17) is 0 Å². The van der Waals surface area contributed by atoms with E-state index in [1.54, 1.807) is 12.5 Å². The first kappa shape index (κ1) is 10.4. The third kappa shape index (κ3) is 2.12. The van der Waals surface area contributed by atoms with Crippen LogP contribution in [0.1, 0.15) is 25.3 Å². The largest absolute Gasteiger partial charge is 0.306 e. The summed E-state index contributed by atoms with van der Waals surface area (Å²) in [7, 11) is 0. The van der Waals surface area contributed by atoms with Crippen LogP contribution in [0.5, 0.6) is 0 Å². The molecule has 2 aromatic rings. The first-order valence-electron chi connectivity index (χ1n) is 4.96. The van der Waals surface area contributed by atoms with Gasteiger partial charge in [-0.15, -0.1) is 0 Å². The maximum Gasteiger partial charge on any atom is 0.0991 e. The molecule has 0 radical (unpaired) electrons. The van der Waals surface area contributed by atoms with Gasteiger partial charge in [-0.05, 0) is 23.6 Å². The van der Waals surface area contributed by atoms with Crippen molar-refractivity contribution >= 4 is 15.9 Å². The van der Waals surface area contributed by atoms with Crippen LogP contribution in [0.2, 0.25) is 0 Å². The van der Waals surface area contributed by atoms with Crippen molar-refractivity contribution in [3.63, 3.8) is 0 Å². The number of imidazole rings is 1. The quantitative estimate of drug-likeness (QED) is 0.808. The minimum atomic E-state index is 0.538. The van der Waals surface area contributed by atoms with Crippen LogP contribution in [-0.2, 0) is 0 Å². The average Bonchev–Trinajstić information content (AvgIpc) is 2.69. The fourth-order valence-electron chi connectivity index (χ4n) is 1.56. The van der Waals surface area contributed by atoms with Crippen molar-refractivity contribution in [2.75, 3.05) is 0 Å². The second-order valence-electron chi connectivity index (χ2n) is 3.83. The summed E-state index contributed by atoms with van der Waals surface area (Å²) in [6, 6.07) is 6.39. The number of benzene rings is 1. The summed E-state index contributed by atoms with van der Waals surface area (Å²) in [5, 5.41) is 0. The number of rotatable bonds is 2. The van der Waals surface area contributed by atoms with Crippen molar-refractivity contribution in [1.82, 2.24) is 9.55 Å². The standard InChI is InChI=1S/C12H13BrN2/c1-9(2)11-4-3-10(7-12(11)13)15-6-5-14-8-15/h3-9H,1-2H3. The monoisotopic (exact) mass is 264 g/mol. The van der Waals surface area contributed by atoms with Crippen molar-refractivity contribution in [2.45, 2.75) is 19.8 Å². The Labute approximate surface area is 98.1 Å². The molecule has 1 aromatic heterocycles. The van der Waals surface area contributed by atoms with Crippen molar-refractivity contribution < 1.29 is 0 Å². The Balaban J connectivity index is 2.42. The topological polar surface area (TPSA) is 17.8 Å². The van der Waals surface area contributed by atoms with Gasteiger partial charge in [-0.3, -0.25) is 0 Å². The van der Waals surface area contributed by atoms with Gasteiger partial charge in [-0.25, -0.2) is 4.98 Å². The van der Waals surface area contributed by atoms with E-state index in [-0.39, 0.29) is 0 Å². The van der Waals surface area contributed by atoms with Crippen LogP contribution in [0.4, 0.5) is 0 Å². The van der Waals surface area contributed by atoms with E-state index in [1.807, 2.05) is 10.8 Å². The Morgan fingerprint density at radius 3 is 2.67 bits per heavy atom. The molecular weight excluding hydrogens is 252 g/mol. The summed E-state index contributed by atoms with van der Waals surface area (Å²) in [4.78, 5) is 4.03. The van der Waals surface area contributed by atoms with Crippen molar-refractivity contribution in [3.8, 4) is 5.69 Å². The van der Waals surface area contributed by atoms with Crippen molar-refractivity contribution in [2.24, 2.45) is 0 Å². The van der Waals surface area contributed by atoms with Crippen molar-refractivity contribution in [1.29, 1.82) is 0 Å². The molecule has 0 N–H and O–H groups in total. The Morgan fingerprint density at radius 2 is 2.13 bits per heavy atom. The van der Waals surface area contributed by atoms with Crippen LogP contribution in [0.3, 0.4) is 0 Å². The first-order valence-corrected chi connectivity index (χ1v) is 5.75. The van der Waals surface area contributed by atoms with E-state index in [9.17, 15) is 0 Å². The second-order valence-corrected chi connectivity index (χ2v) is 4.68. The van der Waals surface area contributed by atoms with Gasteiger partial charge in [0, 0.05) is 22.6 Å². The summed E-state index contributed by atoms with van der Waals surface area (Å²) >= 11 is 3.60. The molecule has 1 heterocycles. The molecule has 0 amide bonds. The molecule has 0 atom stereocenters. The molecule has 0 aliphatic heterocycles. The molecule has 15 heavy (non-hydrogen) atoms. The van der Waals surface area contributed by atoms with Crippen LogP contribution in [0.15, 0.2) is 41.4 Å². The van der Waals surface area contributed by atoms with Gasteiger partial charge in [0.05, 0.1) is 6.33 Å². The minimum absolute atomic E-state index is 0.538. The normalized spacial score (nSPS) is 10.9. The van der Waals surface area contributed by atoms with Crippen LogP contribution in [0, 0.1) is 0 Å². The third-order valence-electron chi connectivity index (χ3n) is 2.41. The smallest absolute Gasteiger partial charge is 0.0991 e. The molecule has 78 valence electrons. The molecule has 0 aliphatic rings. The predicted molar refractivity (Wildman–Crippen MR) is 65.4 cm³/mol. The van der Waals surface area contributed by atoms with Crippen LogP contribution in [0.25, 0.3) is 5.69 Å². The van der Waals surface area contributed by atoms with Gasteiger partial charge in [0.2, 0.25) is 0 Å². The maximum absolute atomic E-state index is 4.03. The second kappa shape index (κ2) is 4.19. The van der Waals surface area contributed by atoms with Crippen molar-refractivity contribution in [3.05, 3.63) is 47.0 Å². The summed E-state index contributed by atoms with van der Waals surface area (Å²) in [6.07, 6.45) is 5.53. The Morgan fingerprint density at radius 1 is 1.33 bits per heavy atom. The lowest BCUT2D eigenvalue weighted by molar-refractivity contribution is 0.859. The molecule has 0 bridgehead atoms. The zero-order valence-electron chi connectivity index (χ0n) is 8.81. The minimum Gasteiger partial charge on any atom is -0.306 e. The first-order chi connectivity index (χ1) is 7.18. The van der Waals surface area contributed by atoms with E-state index < -0.39 is 0 Å². The molecule has 2 rings (SSSR count). The van der Waals surface area contributed by atoms with E-state index in [0.29, 0.717) is 5.92 Å². The summed E-state index contributed by atoms with van der Waals surface area (Å²) < 4.78 is 3.15. The summed E-state index contributed by atoms with van der Waals surface area (Å²) in [6.45, 7) is 4.38. The van der Waals surface area contributed by atoms with Gasteiger partial charge in [-0.1, -0.05) is 35.8 Å². The highest BCUT2D eigenvalue weighted by atomic mass is 79.9. The molecule has 0 unspecified atom stereocenters. The van der Waals surface area contributed by atoms with Gasteiger partial charge in [0.25, 0.3) is 0 Å². The fraction of sp³-hybridized carbons (Fsp3) is 0.250. The average molecular weight is 265 g/mol. The molecular formula is C12H13BrN2. The van der Waals surface area contributed by atoms with Gasteiger partial charge in [0.15, 0.2) is 0 Å². The summed E-state index contributed by atoms with van der Waals surface area (Å²) in [5.41, 5.74) is 2.46. The van der Waals surface area contributed by atoms with E-state index >= 15 is 0 Å². The molecule has 3 heteroatoms. The van der Waals surface area contributed by atoms with E-state index in [0.717, 1.165) is 10.2 Å². The highest BCUT2D eigenvalue weighted by Gasteiger charge is 2.05. The number of hydrogen-bond donors (Lipinski definition) is 0. The lowest BCUT2D eigenvalue weighted by Gasteiger charge is -2.10. The lowest BCUT2D eigenvalue weighted by atomic mass is 10.0. The molecule has 0 saturated heterocycles. The number of hydrogen-bond acceptors (Lipinski definition) is 1. The predicted octanol–water partition coefficient (Wildman–Crippen LogP) is 3.76. The maximum atomic E-state index is 4.03. The Bertz CT molecular complexity index is 447. The highest BCUT2D eigenvalue weighted by molar-refractivity contribution is 9.10. The molecule has 1 aromatic carbocycles. The number of nitrogens with zero attached hydrogens (tertiary/aromatic N) is 2. The van der Waals surface area contributed by atoms with Crippen LogP contribution < -0.4 is 0 Å². The zero-order chi connectivity index (χ0) is 10.8. The SMILES string of the molecule is CC(C)c1ccc(-n2ccnc2)cc1Br. The molecule has 0 fully saturated rings. The summed E-state index contributed by atoms with van der Waals surface area (Å²) in [5.74, 6) is 0.538. The van der Waals surface area contributed by atoms with Gasteiger partial charge >= 0.3 is 0 Å². The highest BCUT2D eigenvalue weighted by Crippen LogP contribution is 2.26.